The van der Waals surface area contributed by atoms with E-state index < -0.39 is 11.6 Å². The highest BCUT2D eigenvalue weighted by Gasteiger charge is 2.13. The van der Waals surface area contributed by atoms with Crippen molar-refractivity contribution < 1.29 is 8.78 Å². The highest BCUT2D eigenvalue weighted by molar-refractivity contribution is 7.99. The Labute approximate surface area is 125 Å². The van der Waals surface area contributed by atoms with Crippen molar-refractivity contribution in [2.24, 2.45) is 0 Å². The second-order valence-electron chi connectivity index (χ2n) is 4.64. The Bertz CT molecular complexity index is 647. The smallest absolute Gasteiger partial charge is 0.159 e. The lowest BCUT2D eigenvalue weighted by Crippen LogP contribution is -2.01. The first kappa shape index (κ1) is 15.2. The molecule has 0 aliphatic rings. The molecule has 2 nitrogen and oxygen atoms in total. The van der Waals surface area contributed by atoms with Crippen molar-refractivity contribution in [2.75, 3.05) is 0 Å². The molecule has 0 aliphatic heterocycles. The SMILES string of the molecule is Cc1c(Cl)nc(C(C)C)nc1Sc1ccc(F)c(F)c1. The monoisotopic (exact) mass is 314 g/mol. The van der Waals surface area contributed by atoms with Gasteiger partial charge in [-0.15, -0.1) is 0 Å². The Kier molecular flexibility index (Phi) is 4.60. The average molecular weight is 315 g/mol. The maximum atomic E-state index is 13.2. The van der Waals surface area contributed by atoms with Gasteiger partial charge in [0.2, 0.25) is 0 Å². The third-order valence-electron chi connectivity index (χ3n) is 2.68. The van der Waals surface area contributed by atoms with Gasteiger partial charge in [-0.3, -0.25) is 0 Å². The maximum Gasteiger partial charge on any atom is 0.159 e. The topological polar surface area (TPSA) is 25.8 Å². The molecule has 0 spiro atoms. The molecule has 0 N–H and O–H groups in total. The van der Waals surface area contributed by atoms with Crippen LogP contribution >= 0.6 is 23.4 Å². The third-order valence-corrected chi connectivity index (χ3v) is 4.13. The van der Waals surface area contributed by atoms with Gasteiger partial charge in [-0.2, -0.15) is 0 Å². The van der Waals surface area contributed by atoms with Crippen LogP contribution in [0.4, 0.5) is 8.78 Å². The van der Waals surface area contributed by atoms with E-state index in [1.165, 1.54) is 17.8 Å². The molecule has 20 heavy (non-hydrogen) atoms. The molecule has 0 bridgehead atoms. The van der Waals surface area contributed by atoms with Crippen LogP contribution in [0.3, 0.4) is 0 Å². The summed E-state index contributed by atoms with van der Waals surface area (Å²) in [6.07, 6.45) is 0. The Morgan fingerprint density at radius 3 is 2.45 bits per heavy atom. The fraction of sp³-hybridized carbons (Fsp3) is 0.286. The molecule has 0 unspecified atom stereocenters. The zero-order valence-electron chi connectivity index (χ0n) is 11.2. The molecule has 2 aromatic rings. The minimum Gasteiger partial charge on any atom is -0.226 e. The molecule has 2 rings (SSSR count). The van der Waals surface area contributed by atoms with E-state index in [0.29, 0.717) is 20.9 Å². The predicted molar refractivity (Wildman–Crippen MR) is 76.3 cm³/mol. The Balaban J connectivity index is 2.39. The first-order valence-corrected chi connectivity index (χ1v) is 7.25. The normalized spacial score (nSPS) is 11.2. The van der Waals surface area contributed by atoms with Crippen LogP contribution in [0.15, 0.2) is 28.1 Å². The molecule has 1 aromatic heterocycles. The molecular weight excluding hydrogens is 302 g/mol. The number of halogens is 3. The van der Waals surface area contributed by atoms with Crippen LogP contribution in [0, 0.1) is 18.6 Å². The molecule has 0 saturated carbocycles. The lowest BCUT2D eigenvalue weighted by Gasteiger charge is -2.10. The summed E-state index contributed by atoms with van der Waals surface area (Å²) in [7, 11) is 0. The van der Waals surface area contributed by atoms with Crippen LogP contribution in [0.2, 0.25) is 5.15 Å². The molecule has 0 fully saturated rings. The summed E-state index contributed by atoms with van der Waals surface area (Å²) in [5.41, 5.74) is 0.728. The standard InChI is InChI=1S/C14H13ClF2N2S/c1-7(2)13-18-12(15)8(3)14(19-13)20-9-4-5-10(16)11(17)6-9/h4-7H,1-3H3. The molecule has 0 amide bonds. The summed E-state index contributed by atoms with van der Waals surface area (Å²) in [6.45, 7) is 5.73. The van der Waals surface area contributed by atoms with Crippen LogP contribution < -0.4 is 0 Å². The fourth-order valence-electron chi connectivity index (χ4n) is 1.50. The van der Waals surface area contributed by atoms with E-state index in [0.717, 1.165) is 17.7 Å². The van der Waals surface area contributed by atoms with Crippen molar-refractivity contribution in [1.82, 2.24) is 9.97 Å². The predicted octanol–water partition coefficient (Wildman–Crippen LogP) is 4.99. The van der Waals surface area contributed by atoms with Gasteiger partial charge < -0.3 is 0 Å². The van der Waals surface area contributed by atoms with Crippen LogP contribution in [0.5, 0.6) is 0 Å². The number of hydrogen-bond acceptors (Lipinski definition) is 3. The van der Waals surface area contributed by atoms with Crippen molar-refractivity contribution >= 4 is 23.4 Å². The van der Waals surface area contributed by atoms with E-state index in [9.17, 15) is 8.78 Å². The third kappa shape index (κ3) is 3.27. The summed E-state index contributed by atoms with van der Waals surface area (Å²) >= 11 is 7.33. The molecule has 0 saturated heterocycles. The molecule has 106 valence electrons. The number of benzene rings is 1. The van der Waals surface area contributed by atoms with E-state index in [4.69, 9.17) is 11.6 Å². The van der Waals surface area contributed by atoms with Crippen LogP contribution in [-0.2, 0) is 0 Å². The van der Waals surface area contributed by atoms with Crippen molar-refractivity contribution in [1.29, 1.82) is 0 Å². The van der Waals surface area contributed by atoms with Crippen molar-refractivity contribution in [3.8, 4) is 0 Å². The van der Waals surface area contributed by atoms with E-state index in [1.807, 2.05) is 13.8 Å². The quantitative estimate of drug-likeness (QED) is 0.746. The molecule has 0 radical (unpaired) electrons. The van der Waals surface area contributed by atoms with Crippen molar-refractivity contribution in [3.63, 3.8) is 0 Å². The largest absolute Gasteiger partial charge is 0.226 e. The average Bonchev–Trinajstić information content (AvgIpc) is 2.38. The second-order valence-corrected chi connectivity index (χ2v) is 6.06. The molecule has 0 aliphatic carbocycles. The van der Waals surface area contributed by atoms with E-state index in [2.05, 4.69) is 9.97 Å². The summed E-state index contributed by atoms with van der Waals surface area (Å²) in [6, 6.07) is 3.75. The highest BCUT2D eigenvalue weighted by Crippen LogP contribution is 2.32. The molecule has 6 heteroatoms. The number of nitrogens with zero attached hydrogens (tertiary/aromatic N) is 2. The van der Waals surface area contributed by atoms with Crippen LogP contribution in [0.25, 0.3) is 0 Å². The Hall–Kier alpha value is -1.20. The summed E-state index contributed by atoms with van der Waals surface area (Å²) in [5.74, 6) is -0.977. The van der Waals surface area contributed by atoms with Gasteiger partial charge in [-0.25, -0.2) is 18.7 Å². The highest BCUT2D eigenvalue weighted by atomic mass is 35.5. The minimum atomic E-state index is -0.878. The van der Waals surface area contributed by atoms with Gasteiger partial charge in [0.15, 0.2) is 11.6 Å². The van der Waals surface area contributed by atoms with Gasteiger partial charge >= 0.3 is 0 Å². The summed E-state index contributed by atoms with van der Waals surface area (Å²) in [5, 5.41) is 1.04. The van der Waals surface area contributed by atoms with Crippen molar-refractivity contribution in [2.45, 2.75) is 36.6 Å². The van der Waals surface area contributed by atoms with Gasteiger partial charge in [0.1, 0.15) is 16.0 Å². The van der Waals surface area contributed by atoms with E-state index >= 15 is 0 Å². The number of rotatable bonds is 3. The maximum absolute atomic E-state index is 13.2. The Morgan fingerprint density at radius 1 is 1.15 bits per heavy atom. The summed E-state index contributed by atoms with van der Waals surface area (Å²) in [4.78, 5) is 9.21. The minimum absolute atomic E-state index is 0.136. The molecule has 1 aromatic carbocycles. The Morgan fingerprint density at radius 2 is 1.85 bits per heavy atom. The van der Waals surface area contributed by atoms with Crippen molar-refractivity contribution in [3.05, 3.63) is 46.4 Å². The number of aromatic nitrogens is 2. The molecule has 0 atom stereocenters. The van der Waals surface area contributed by atoms with E-state index in [-0.39, 0.29) is 5.92 Å². The summed E-state index contributed by atoms with van der Waals surface area (Å²) < 4.78 is 26.1. The zero-order chi connectivity index (χ0) is 14.9. The van der Waals surface area contributed by atoms with E-state index in [1.54, 1.807) is 6.92 Å². The lowest BCUT2D eigenvalue weighted by molar-refractivity contribution is 0.506. The first-order chi connectivity index (χ1) is 9.38. The first-order valence-electron chi connectivity index (χ1n) is 6.05. The number of hydrogen-bond donors (Lipinski definition) is 0. The van der Waals surface area contributed by atoms with Gasteiger partial charge in [0, 0.05) is 16.4 Å². The fourth-order valence-corrected chi connectivity index (χ4v) is 2.64. The van der Waals surface area contributed by atoms with Crippen LogP contribution in [0.1, 0.15) is 31.2 Å². The second kappa shape index (κ2) is 6.06. The molecule has 1 heterocycles. The van der Waals surface area contributed by atoms with Gasteiger partial charge in [0.05, 0.1) is 0 Å². The van der Waals surface area contributed by atoms with Gasteiger partial charge in [-0.05, 0) is 25.1 Å². The lowest BCUT2D eigenvalue weighted by atomic mass is 10.2. The zero-order valence-corrected chi connectivity index (χ0v) is 12.8. The van der Waals surface area contributed by atoms with Gasteiger partial charge in [0.25, 0.3) is 0 Å². The van der Waals surface area contributed by atoms with Gasteiger partial charge in [-0.1, -0.05) is 37.2 Å². The van der Waals surface area contributed by atoms with Crippen LogP contribution in [-0.4, -0.2) is 9.97 Å². The molecular formula is C14H13ClF2N2S.